The average Bonchev–Trinajstić information content (AvgIpc) is 2.62. The second-order valence-corrected chi connectivity index (χ2v) is 5.59. The predicted octanol–water partition coefficient (Wildman–Crippen LogP) is 5.01. The second-order valence-electron chi connectivity index (χ2n) is 5.18. The Bertz CT molecular complexity index is 984. The Morgan fingerprint density at radius 1 is 0.696 bits per heavy atom. The SMILES string of the molecule is Clc1ccncc1-c1ccc2nccc(-c3ccncc3)c2c1. The van der Waals surface area contributed by atoms with Crippen LogP contribution in [0.1, 0.15) is 0 Å². The van der Waals surface area contributed by atoms with Gasteiger partial charge in [0.25, 0.3) is 0 Å². The number of hydrogen-bond acceptors (Lipinski definition) is 3. The highest BCUT2D eigenvalue weighted by molar-refractivity contribution is 6.33. The van der Waals surface area contributed by atoms with Crippen LogP contribution in [-0.4, -0.2) is 15.0 Å². The third kappa shape index (κ3) is 2.56. The lowest BCUT2D eigenvalue weighted by atomic mass is 9.98. The van der Waals surface area contributed by atoms with E-state index in [-0.39, 0.29) is 0 Å². The molecule has 110 valence electrons. The smallest absolute Gasteiger partial charge is 0.0708 e. The van der Waals surface area contributed by atoms with Crippen LogP contribution in [0.2, 0.25) is 5.02 Å². The first-order valence-corrected chi connectivity index (χ1v) is 7.60. The summed E-state index contributed by atoms with van der Waals surface area (Å²) < 4.78 is 0. The van der Waals surface area contributed by atoms with Gasteiger partial charge in [-0.25, -0.2) is 0 Å². The molecule has 0 aliphatic heterocycles. The van der Waals surface area contributed by atoms with E-state index in [1.54, 1.807) is 30.9 Å². The normalized spacial score (nSPS) is 10.8. The minimum absolute atomic E-state index is 0.689. The number of halogens is 1. The van der Waals surface area contributed by atoms with Gasteiger partial charge in [-0.2, -0.15) is 0 Å². The van der Waals surface area contributed by atoms with Gasteiger partial charge >= 0.3 is 0 Å². The Balaban J connectivity index is 1.97. The number of aromatic nitrogens is 3. The summed E-state index contributed by atoms with van der Waals surface area (Å²) in [5.74, 6) is 0. The Kier molecular flexibility index (Phi) is 3.48. The third-order valence-electron chi connectivity index (χ3n) is 3.81. The zero-order valence-electron chi connectivity index (χ0n) is 12.1. The van der Waals surface area contributed by atoms with E-state index in [0.29, 0.717) is 5.02 Å². The van der Waals surface area contributed by atoms with E-state index in [2.05, 4.69) is 21.0 Å². The molecule has 0 radical (unpaired) electrons. The molecule has 0 atom stereocenters. The monoisotopic (exact) mass is 317 g/mol. The van der Waals surface area contributed by atoms with E-state index in [1.165, 1.54) is 0 Å². The molecule has 1 aromatic carbocycles. The summed E-state index contributed by atoms with van der Waals surface area (Å²) in [5.41, 5.74) is 5.13. The number of pyridine rings is 3. The lowest BCUT2D eigenvalue weighted by molar-refractivity contribution is 1.32. The van der Waals surface area contributed by atoms with E-state index >= 15 is 0 Å². The van der Waals surface area contributed by atoms with Crippen molar-refractivity contribution >= 4 is 22.5 Å². The first kappa shape index (κ1) is 13.9. The highest BCUT2D eigenvalue weighted by Crippen LogP contribution is 2.33. The zero-order valence-corrected chi connectivity index (χ0v) is 12.9. The Labute approximate surface area is 138 Å². The molecule has 3 aromatic heterocycles. The molecule has 0 saturated heterocycles. The van der Waals surface area contributed by atoms with E-state index in [9.17, 15) is 0 Å². The Hall–Kier alpha value is -2.78. The minimum atomic E-state index is 0.689. The fourth-order valence-electron chi connectivity index (χ4n) is 2.69. The van der Waals surface area contributed by atoms with Crippen molar-refractivity contribution in [1.29, 1.82) is 0 Å². The van der Waals surface area contributed by atoms with Gasteiger partial charge in [-0.1, -0.05) is 17.7 Å². The summed E-state index contributed by atoms with van der Waals surface area (Å²) in [6, 6.07) is 14.0. The lowest BCUT2D eigenvalue weighted by Crippen LogP contribution is -1.87. The molecule has 23 heavy (non-hydrogen) atoms. The molecular weight excluding hydrogens is 306 g/mol. The summed E-state index contributed by atoms with van der Waals surface area (Å²) in [5, 5.41) is 1.77. The van der Waals surface area contributed by atoms with Gasteiger partial charge < -0.3 is 0 Å². The first-order chi connectivity index (χ1) is 11.3. The van der Waals surface area contributed by atoms with Gasteiger partial charge in [0.1, 0.15) is 0 Å². The highest BCUT2D eigenvalue weighted by Gasteiger charge is 2.08. The summed E-state index contributed by atoms with van der Waals surface area (Å²) in [4.78, 5) is 12.7. The Morgan fingerprint density at radius 3 is 2.35 bits per heavy atom. The molecule has 3 heterocycles. The van der Waals surface area contributed by atoms with Crippen LogP contribution in [0.5, 0.6) is 0 Å². The maximum Gasteiger partial charge on any atom is 0.0708 e. The van der Waals surface area contributed by atoms with Gasteiger partial charge in [0.15, 0.2) is 0 Å². The van der Waals surface area contributed by atoms with Crippen LogP contribution in [-0.2, 0) is 0 Å². The highest BCUT2D eigenvalue weighted by atomic mass is 35.5. The summed E-state index contributed by atoms with van der Waals surface area (Å²) in [7, 11) is 0. The quantitative estimate of drug-likeness (QED) is 0.521. The zero-order chi connectivity index (χ0) is 15.6. The van der Waals surface area contributed by atoms with Crippen molar-refractivity contribution in [3.8, 4) is 22.3 Å². The number of hydrogen-bond donors (Lipinski definition) is 0. The van der Waals surface area contributed by atoms with Crippen LogP contribution in [0.15, 0.2) is 73.4 Å². The first-order valence-electron chi connectivity index (χ1n) is 7.22. The Morgan fingerprint density at radius 2 is 1.52 bits per heavy atom. The predicted molar refractivity (Wildman–Crippen MR) is 93.2 cm³/mol. The summed E-state index contributed by atoms with van der Waals surface area (Å²) in [6.07, 6.45) is 8.89. The van der Waals surface area contributed by atoms with Crippen LogP contribution < -0.4 is 0 Å². The van der Waals surface area contributed by atoms with Crippen LogP contribution in [0.3, 0.4) is 0 Å². The molecule has 4 aromatic rings. The molecular formula is C19H12ClN3. The molecule has 4 heteroatoms. The third-order valence-corrected chi connectivity index (χ3v) is 4.14. The fourth-order valence-corrected chi connectivity index (χ4v) is 2.90. The minimum Gasteiger partial charge on any atom is -0.265 e. The van der Waals surface area contributed by atoms with Crippen molar-refractivity contribution in [3.63, 3.8) is 0 Å². The molecule has 0 saturated carbocycles. The summed E-state index contributed by atoms with van der Waals surface area (Å²) >= 11 is 6.30. The standard InChI is InChI=1S/C19H12ClN3/c20-18-6-9-22-12-17(18)14-1-2-19-16(11-14)15(5-10-23-19)13-3-7-21-8-4-13/h1-12H. The number of benzene rings is 1. The van der Waals surface area contributed by atoms with Crippen LogP contribution in [0, 0.1) is 0 Å². The second kappa shape index (κ2) is 5.78. The maximum absolute atomic E-state index is 6.30. The van der Waals surface area contributed by atoms with Gasteiger partial charge in [0.2, 0.25) is 0 Å². The molecule has 0 N–H and O–H groups in total. The topological polar surface area (TPSA) is 38.7 Å². The molecule has 0 amide bonds. The van der Waals surface area contributed by atoms with Crippen molar-refractivity contribution < 1.29 is 0 Å². The molecule has 0 fully saturated rings. The lowest BCUT2D eigenvalue weighted by Gasteiger charge is -2.09. The van der Waals surface area contributed by atoms with E-state index in [1.807, 2.05) is 36.5 Å². The van der Waals surface area contributed by atoms with Crippen LogP contribution in [0.4, 0.5) is 0 Å². The van der Waals surface area contributed by atoms with E-state index < -0.39 is 0 Å². The van der Waals surface area contributed by atoms with Gasteiger partial charge in [-0.3, -0.25) is 15.0 Å². The van der Waals surface area contributed by atoms with Crippen molar-refractivity contribution in [2.45, 2.75) is 0 Å². The summed E-state index contributed by atoms with van der Waals surface area (Å²) in [6.45, 7) is 0. The van der Waals surface area contributed by atoms with E-state index in [4.69, 9.17) is 11.6 Å². The van der Waals surface area contributed by atoms with Crippen molar-refractivity contribution in [3.05, 3.63) is 78.5 Å². The molecule has 0 unspecified atom stereocenters. The van der Waals surface area contributed by atoms with Crippen LogP contribution >= 0.6 is 11.6 Å². The number of nitrogens with zero attached hydrogens (tertiary/aromatic N) is 3. The van der Waals surface area contributed by atoms with Gasteiger partial charge in [0, 0.05) is 41.9 Å². The molecule has 0 spiro atoms. The maximum atomic E-state index is 6.30. The fraction of sp³-hybridized carbons (Fsp3) is 0. The van der Waals surface area contributed by atoms with Crippen molar-refractivity contribution in [2.24, 2.45) is 0 Å². The molecule has 0 aliphatic rings. The van der Waals surface area contributed by atoms with Gasteiger partial charge in [-0.05, 0) is 53.1 Å². The number of rotatable bonds is 2. The largest absolute Gasteiger partial charge is 0.265 e. The van der Waals surface area contributed by atoms with Gasteiger partial charge in [-0.15, -0.1) is 0 Å². The molecule has 0 bridgehead atoms. The average molecular weight is 318 g/mol. The van der Waals surface area contributed by atoms with Crippen LogP contribution in [0.25, 0.3) is 33.2 Å². The van der Waals surface area contributed by atoms with Crippen molar-refractivity contribution in [1.82, 2.24) is 15.0 Å². The van der Waals surface area contributed by atoms with Crippen molar-refractivity contribution in [2.75, 3.05) is 0 Å². The number of fused-ring (bicyclic) bond motifs is 1. The molecule has 4 rings (SSSR count). The molecule has 3 nitrogen and oxygen atoms in total. The molecule has 0 aliphatic carbocycles. The van der Waals surface area contributed by atoms with E-state index in [0.717, 1.165) is 33.2 Å². The van der Waals surface area contributed by atoms with Gasteiger partial charge in [0.05, 0.1) is 10.5 Å².